The molecular formula is C15H11ClFNOS. The largest absolute Gasteiger partial charge is 0.311 e. The SMILES string of the molecule is O=C1CCN(Sc2ccc(Cl)cc2)c2cccc(F)c21. The summed E-state index contributed by atoms with van der Waals surface area (Å²) in [4.78, 5) is 12.9. The van der Waals surface area contributed by atoms with Gasteiger partial charge in [-0.1, -0.05) is 17.7 Å². The molecule has 0 aliphatic carbocycles. The third kappa shape index (κ3) is 2.53. The van der Waals surface area contributed by atoms with Crippen LogP contribution in [0.25, 0.3) is 0 Å². The van der Waals surface area contributed by atoms with Gasteiger partial charge >= 0.3 is 0 Å². The molecule has 3 rings (SSSR count). The molecule has 20 heavy (non-hydrogen) atoms. The summed E-state index contributed by atoms with van der Waals surface area (Å²) in [5, 5.41) is 0.676. The first kappa shape index (κ1) is 13.5. The highest BCUT2D eigenvalue weighted by atomic mass is 35.5. The molecule has 2 aromatic carbocycles. The highest BCUT2D eigenvalue weighted by Gasteiger charge is 2.26. The third-order valence-corrected chi connectivity index (χ3v) is 4.44. The number of halogens is 2. The Morgan fingerprint density at radius 1 is 1.15 bits per heavy atom. The van der Waals surface area contributed by atoms with Crippen molar-refractivity contribution in [2.75, 3.05) is 10.8 Å². The van der Waals surface area contributed by atoms with Gasteiger partial charge in [0.05, 0.1) is 11.3 Å². The summed E-state index contributed by atoms with van der Waals surface area (Å²) in [6.07, 6.45) is 0.328. The van der Waals surface area contributed by atoms with E-state index in [4.69, 9.17) is 11.6 Å². The Bertz CT molecular complexity index is 659. The third-order valence-electron chi connectivity index (χ3n) is 3.11. The standard InChI is InChI=1S/C15H11ClFNOS/c16-10-4-6-11(7-5-10)20-18-9-8-14(19)15-12(17)2-1-3-13(15)18/h1-7H,8-9H2. The molecular weight excluding hydrogens is 297 g/mol. The van der Waals surface area contributed by atoms with E-state index in [9.17, 15) is 9.18 Å². The molecule has 5 heteroatoms. The van der Waals surface area contributed by atoms with Gasteiger partial charge in [-0.15, -0.1) is 0 Å². The van der Waals surface area contributed by atoms with Gasteiger partial charge in [0.15, 0.2) is 5.78 Å². The summed E-state index contributed by atoms with van der Waals surface area (Å²) in [5.41, 5.74) is 0.835. The van der Waals surface area contributed by atoms with Crippen molar-refractivity contribution in [3.63, 3.8) is 0 Å². The number of rotatable bonds is 2. The van der Waals surface area contributed by atoms with E-state index < -0.39 is 5.82 Å². The van der Waals surface area contributed by atoms with Crippen LogP contribution in [0.2, 0.25) is 5.02 Å². The molecule has 1 aliphatic rings. The molecule has 0 amide bonds. The number of Topliss-reactive ketones (excluding diaryl/α,β-unsaturated/α-hetero) is 1. The maximum Gasteiger partial charge on any atom is 0.169 e. The second-order valence-electron chi connectivity index (χ2n) is 4.45. The predicted molar refractivity (Wildman–Crippen MR) is 80.0 cm³/mol. The van der Waals surface area contributed by atoms with E-state index in [0.717, 1.165) is 4.90 Å². The number of ketones is 1. The second-order valence-corrected chi connectivity index (χ2v) is 5.99. The van der Waals surface area contributed by atoms with Gasteiger partial charge in [0.1, 0.15) is 5.82 Å². The van der Waals surface area contributed by atoms with Crippen molar-refractivity contribution in [3.8, 4) is 0 Å². The molecule has 0 unspecified atom stereocenters. The number of hydrogen-bond acceptors (Lipinski definition) is 3. The van der Waals surface area contributed by atoms with Crippen LogP contribution in [0.4, 0.5) is 10.1 Å². The van der Waals surface area contributed by atoms with E-state index >= 15 is 0 Å². The van der Waals surface area contributed by atoms with Crippen molar-refractivity contribution >= 4 is 35.0 Å². The molecule has 1 aliphatic heterocycles. The maximum atomic E-state index is 13.8. The van der Waals surface area contributed by atoms with Crippen molar-refractivity contribution in [1.82, 2.24) is 0 Å². The van der Waals surface area contributed by atoms with Crippen molar-refractivity contribution in [1.29, 1.82) is 0 Å². The van der Waals surface area contributed by atoms with Gasteiger partial charge in [0, 0.05) is 22.9 Å². The van der Waals surface area contributed by atoms with Crippen LogP contribution in [0.3, 0.4) is 0 Å². The minimum absolute atomic E-state index is 0.133. The lowest BCUT2D eigenvalue weighted by Gasteiger charge is -2.29. The average Bonchev–Trinajstić information content (AvgIpc) is 2.44. The van der Waals surface area contributed by atoms with E-state index in [1.54, 1.807) is 12.1 Å². The molecule has 1 heterocycles. The van der Waals surface area contributed by atoms with Crippen LogP contribution in [-0.2, 0) is 0 Å². The van der Waals surface area contributed by atoms with Crippen molar-refractivity contribution in [3.05, 3.63) is 58.9 Å². The molecule has 0 radical (unpaired) electrons. The van der Waals surface area contributed by atoms with Gasteiger partial charge in [-0.2, -0.15) is 0 Å². The number of carbonyl (C=O) groups is 1. The Kier molecular flexibility index (Phi) is 3.68. The van der Waals surface area contributed by atoms with E-state index in [2.05, 4.69) is 0 Å². The summed E-state index contributed by atoms with van der Waals surface area (Å²) in [7, 11) is 0. The minimum atomic E-state index is -0.450. The first-order valence-corrected chi connectivity index (χ1v) is 7.33. The Balaban J connectivity index is 1.93. The lowest BCUT2D eigenvalue weighted by molar-refractivity contribution is 0.0978. The summed E-state index contributed by atoms with van der Waals surface area (Å²) in [5.74, 6) is -0.583. The summed E-state index contributed by atoms with van der Waals surface area (Å²) in [6, 6.07) is 12.2. The van der Waals surface area contributed by atoms with Crippen molar-refractivity contribution in [2.45, 2.75) is 11.3 Å². The quantitative estimate of drug-likeness (QED) is 0.758. The Morgan fingerprint density at radius 3 is 2.65 bits per heavy atom. The van der Waals surface area contributed by atoms with E-state index in [1.807, 2.05) is 28.6 Å². The zero-order valence-corrected chi connectivity index (χ0v) is 12.0. The number of fused-ring (bicyclic) bond motifs is 1. The van der Waals surface area contributed by atoms with Crippen LogP contribution >= 0.6 is 23.5 Å². The fourth-order valence-electron chi connectivity index (χ4n) is 2.16. The number of benzene rings is 2. The molecule has 2 nitrogen and oxygen atoms in total. The first-order valence-electron chi connectivity index (χ1n) is 6.18. The Hall–Kier alpha value is -1.52. The van der Waals surface area contributed by atoms with Gasteiger partial charge in [-0.25, -0.2) is 4.39 Å². The number of carbonyl (C=O) groups excluding carboxylic acids is 1. The molecule has 0 saturated carbocycles. The molecule has 0 spiro atoms. The fraction of sp³-hybridized carbons (Fsp3) is 0.133. The maximum absolute atomic E-state index is 13.8. The lowest BCUT2D eigenvalue weighted by atomic mass is 10.0. The van der Waals surface area contributed by atoms with Gasteiger partial charge in [-0.3, -0.25) is 4.79 Å². The minimum Gasteiger partial charge on any atom is -0.311 e. The molecule has 0 fully saturated rings. The van der Waals surface area contributed by atoms with Crippen molar-refractivity contribution < 1.29 is 9.18 Å². The van der Waals surface area contributed by atoms with Crippen LogP contribution in [0.15, 0.2) is 47.4 Å². The first-order chi connectivity index (χ1) is 9.65. The zero-order valence-electron chi connectivity index (χ0n) is 10.5. The van der Waals surface area contributed by atoms with Crippen molar-refractivity contribution in [2.24, 2.45) is 0 Å². The molecule has 0 bridgehead atoms. The molecule has 0 N–H and O–H groups in total. The Labute approximate surface area is 125 Å². The number of nitrogens with zero attached hydrogens (tertiary/aromatic N) is 1. The summed E-state index contributed by atoms with van der Waals surface area (Å²) in [6.45, 7) is 0.572. The van der Waals surface area contributed by atoms with Gasteiger partial charge in [0.25, 0.3) is 0 Å². The average molecular weight is 308 g/mol. The summed E-state index contributed by atoms with van der Waals surface area (Å²) < 4.78 is 15.8. The Morgan fingerprint density at radius 2 is 1.90 bits per heavy atom. The number of hydrogen-bond donors (Lipinski definition) is 0. The zero-order chi connectivity index (χ0) is 14.1. The molecule has 0 atom stereocenters. The van der Waals surface area contributed by atoms with Gasteiger partial charge in [0.2, 0.25) is 0 Å². The van der Waals surface area contributed by atoms with Crippen LogP contribution in [0.5, 0.6) is 0 Å². The molecule has 0 saturated heterocycles. The topological polar surface area (TPSA) is 20.3 Å². The van der Waals surface area contributed by atoms with Gasteiger partial charge < -0.3 is 4.31 Å². The monoisotopic (exact) mass is 307 g/mol. The van der Waals surface area contributed by atoms with Gasteiger partial charge in [-0.05, 0) is 48.3 Å². The highest BCUT2D eigenvalue weighted by molar-refractivity contribution is 8.00. The molecule has 0 aromatic heterocycles. The fourth-order valence-corrected chi connectivity index (χ4v) is 3.23. The second kappa shape index (κ2) is 5.46. The lowest BCUT2D eigenvalue weighted by Crippen LogP contribution is -2.27. The normalized spacial score (nSPS) is 14.3. The predicted octanol–water partition coefficient (Wildman–Crippen LogP) is 4.58. The van der Waals surface area contributed by atoms with E-state index in [0.29, 0.717) is 23.7 Å². The number of anilines is 1. The van der Waals surface area contributed by atoms with Crippen LogP contribution in [-0.4, -0.2) is 12.3 Å². The highest BCUT2D eigenvalue weighted by Crippen LogP contribution is 2.36. The van der Waals surface area contributed by atoms with E-state index in [-0.39, 0.29) is 11.3 Å². The van der Waals surface area contributed by atoms with Crippen LogP contribution in [0.1, 0.15) is 16.8 Å². The van der Waals surface area contributed by atoms with Crippen LogP contribution in [0, 0.1) is 5.82 Å². The van der Waals surface area contributed by atoms with E-state index in [1.165, 1.54) is 18.0 Å². The van der Waals surface area contributed by atoms with Crippen LogP contribution < -0.4 is 4.31 Å². The smallest absolute Gasteiger partial charge is 0.169 e. The molecule has 102 valence electrons. The summed E-state index contributed by atoms with van der Waals surface area (Å²) >= 11 is 7.34. The molecule has 2 aromatic rings.